The van der Waals surface area contributed by atoms with Crippen molar-refractivity contribution in [2.45, 2.75) is 9.79 Å². The van der Waals surface area contributed by atoms with Gasteiger partial charge in [0.15, 0.2) is 0 Å². The summed E-state index contributed by atoms with van der Waals surface area (Å²) in [4.78, 5) is 1.08. The minimum Gasteiger partial charge on any atom is -0.508 e. The third-order valence-electron chi connectivity index (χ3n) is 2.47. The zero-order valence-electron chi connectivity index (χ0n) is 10.2. The van der Waals surface area contributed by atoms with Crippen LogP contribution in [-0.2, 0) is 10.0 Å². The lowest BCUT2D eigenvalue weighted by atomic mass is 10.3. The molecule has 0 bridgehead atoms. The van der Waals surface area contributed by atoms with Crippen LogP contribution in [0.15, 0.2) is 58.3 Å². The van der Waals surface area contributed by atoms with Gasteiger partial charge in [-0.3, -0.25) is 4.72 Å². The van der Waals surface area contributed by atoms with Crippen molar-refractivity contribution in [3.63, 3.8) is 0 Å². The van der Waals surface area contributed by atoms with Crippen molar-refractivity contribution in [2.75, 3.05) is 11.0 Å². The number of sulfonamides is 1. The summed E-state index contributed by atoms with van der Waals surface area (Å²) in [5, 5.41) is 9.32. The Labute approximate surface area is 116 Å². The summed E-state index contributed by atoms with van der Waals surface area (Å²) >= 11 is 1.58. The fourth-order valence-electron chi connectivity index (χ4n) is 1.52. The lowest BCUT2D eigenvalue weighted by Gasteiger charge is -2.08. The van der Waals surface area contributed by atoms with Crippen LogP contribution in [0.25, 0.3) is 0 Å². The molecule has 6 heteroatoms. The Bertz CT molecular complexity index is 667. The van der Waals surface area contributed by atoms with Crippen molar-refractivity contribution in [3.05, 3.63) is 48.5 Å². The number of hydrogen-bond donors (Lipinski definition) is 2. The van der Waals surface area contributed by atoms with Crippen LogP contribution in [0, 0.1) is 0 Å². The van der Waals surface area contributed by atoms with Gasteiger partial charge in [-0.15, -0.1) is 11.8 Å². The second-order valence-electron chi connectivity index (χ2n) is 3.83. The van der Waals surface area contributed by atoms with E-state index >= 15 is 0 Å². The van der Waals surface area contributed by atoms with Gasteiger partial charge < -0.3 is 5.11 Å². The molecule has 2 rings (SSSR count). The second kappa shape index (κ2) is 5.54. The molecule has 0 heterocycles. The minimum absolute atomic E-state index is 0.0291. The SMILES string of the molecule is CSc1ccc(NS(=O)(=O)c2cccc(O)c2)cc1. The molecule has 0 atom stereocenters. The van der Waals surface area contributed by atoms with Gasteiger partial charge in [0, 0.05) is 16.6 Å². The maximum absolute atomic E-state index is 12.1. The Morgan fingerprint density at radius 3 is 2.37 bits per heavy atom. The van der Waals surface area contributed by atoms with E-state index in [1.54, 1.807) is 23.9 Å². The molecule has 0 spiro atoms. The molecule has 19 heavy (non-hydrogen) atoms. The average molecular weight is 295 g/mol. The number of hydrogen-bond acceptors (Lipinski definition) is 4. The van der Waals surface area contributed by atoms with Gasteiger partial charge in [0.2, 0.25) is 0 Å². The summed E-state index contributed by atoms with van der Waals surface area (Å²) in [6, 6.07) is 12.6. The lowest BCUT2D eigenvalue weighted by molar-refractivity contribution is 0.473. The number of phenolic OH excluding ortho intramolecular Hbond substituents is 1. The highest BCUT2D eigenvalue weighted by molar-refractivity contribution is 7.98. The van der Waals surface area contributed by atoms with E-state index in [4.69, 9.17) is 0 Å². The van der Waals surface area contributed by atoms with Gasteiger partial charge in [0.05, 0.1) is 4.90 Å². The van der Waals surface area contributed by atoms with E-state index in [2.05, 4.69) is 4.72 Å². The maximum Gasteiger partial charge on any atom is 0.262 e. The van der Waals surface area contributed by atoms with E-state index < -0.39 is 10.0 Å². The zero-order valence-corrected chi connectivity index (χ0v) is 11.8. The number of aromatic hydroxyl groups is 1. The third-order valence-corrected chi connectivity index (χ3v) is 4.59. The molecule has 0 radical (unpaired) electrons. The van der Waals surface area contributed by atoms with E-state index in [1.807, 2.05) is 18.4 Å². The molecular formula is C13H13NO3S2. The van der Waals surface area contributed by atoms with E-state index in [-0.39, 0.29) is 10.6 Å². The Hall–Kier alpha value is -1.66. The molecule has 0 aliphatic heterocycles. The van der Waals surface area contributed by atoms with Crippen molar-refractivity contribution >= 4 is 27.5 Å². The van der Waals surface area contributed by atoms with E-state index in [0.29, 0.717) is 5.69 Å². The van der Waals surface area contributed by atoms with Gasteiger partial charge in [-0.2, -0.15) is 0 Å². The van der Waals surface area contributed by atoms with Crippen LogP contribution in [0.3, 0.4) is 0 Å². The van der Waals surface area contributed by atoms with Crippen molar-refractivity contribution < 1.29 is 13.5 Å². The van der Waals surface area contributed by atoms with E-state index in [0.717, 1.165) is 4.90 Å². The second-order valence-corrected chi connectivity index (χ2v) is 6.39. The third kappa shape index (κ3) is 3.42. The molecule has 2 aromatic rings. The first-order valence-corrected chi connectivity index (χ1v) is 8.18. The first-order valence-electron chi connectivity index (χ1n) is 5.47. The molecule has 0 aliphatic rings. The zero-order chi connectivity index (χ0) is 13.9. The van der Waals surface area contributed by atoms with Crippen molar-refractivity contribution in [2.24, 2.45) is 0 Å². The fraction of sp³-hybridized carbons (Fsp3) is 0.0769. The van der Waals surface area contributed by atoms with Crippen LogP contribution in [-0.4, -0.2) is 19.8 Å². The molecule has 0 aromatic heterocycles. The van der Waals surface area contributed by atoms with Crippen molar-refractivity contribution in [1.29, 1.82) is 0 Å². The summed E-state index contributed by atoms with van der Waals surface area (Å²) in [5.74, 6) is -0.0828. The molecule has 100 valence electrons. The number of rotatable bonds is 4. The van der Waals surface area contributed by atoms with E-state index in [9.17, 15) is 13.5 Å². The topological polar surface area (TPSA) is 66.4 Å². The predicted octanol–water partition coefficient (Wildman–Crippen LogP) is 2.91. The largest absolute Gasteiger partial charge is 0.508 e. The molecule has 0 amide bonds. The van der Waals surface area contributed by atoms with Gasteiger partial charge in [0.1, 0.15) is 5.75 Å². The Balaban J connectivity index is 2.25. The van der Waals surface area contributed by atoms with Gasteiger partial charge in [-0.05, 0) is 42.7 Å². The average Bonchev–Trinajstić information content (AvgIpc) is 2.39. The molecule has 0 fully saturated rings. The van der Waals surface area contributed by atoms with Crippen LogP contribution in [0.4, 0.5) is 5.69 Å². The van der Waals surface area contributed by atoms with Gasteiger partial charge >= 0.3 is 0 Å². The van der Waals surface area contributed by atoms with Gasteiger partial charge in [-0.1, -0.05) is 6.07 Å². The summed E-state index contributed by atoms with van der Waals surface area (Å²) in [5.41, 5.74) is 0.487. The first-order chi connectivity index (χ1) is 9.01. The van der Waals surface area contributed by atoms with Crippen LogP contribution in [0.1, 0.15) is 0 Å². The number of thioether (sulfide) groups is 1. The molecule has 2 aromatic carbocycles. The number of nitrogens with one attached hydrogen (secondary N) is 1. The molecular weight excluding hydrogens is 282 g/mol. The first kappa shape index (κ1) is 13.8. The number of phenols is 1. The van der Waals surface area contributed by atoms with Crippen LogP contribution in [0.2, 0.25) is 0 Å². The van der Waals surface area contributed by atoms with Crippen LogP contribution < -0.4 is 4.72 Å². The Morgan fingerprint density at radius 2 is 1.79 bits per heavy atom. The molecule has 0 unspecified atom stereocenters. The fourth-order valence-corrected chi connectivity index (χ4v) is 3.03. The monoisotopic (exact) mass is 295 g/mol. The summed E-state index contributed by atoms with van der Waals surface area (Å²) in [7, 11) is -3.67. The highest BCUT2D eigenvalue weighted by atomic mass is 32.2. The smallest absolute Gasteiger partial charge is 0.262 e. The highest BCUT2D eigenvalue weighted by Gasteiger charge is 2.14. The van der Waals surface area contributed by atoms with Gasteiger partial charge in [0.25, 0.3) is 10.0 Å². The normalized spacial score (nSPS) is 11.2. The summed E-state index contributed by atoms with van der Waals surface area (Å²) in [6.45, 7) is 0. The minimum atomic E-state index is -3.67. The lowest BCUT2D eigenvalue weighted by Crippen LogP contribution is -2.12. The van der Waals surface area contributed by atoms with Crippen LogP contribution in [0.5, 0.6) is 5.75 Å². The Kier molecular flexibility index (Phi) is 4.01. The van der Waals surface area contributed by atoms with Crippen LogP contribution >= 0.6 is 11.8 Å². The molecule has 2 N–H and O–H groups in total. The molecule has 0 saturated heterocycles. The molecule has 0 aliphatic carbocycles. The molecule has 0 saturated carbocycles. The Morgan fingerprint density at radius 1 is 1.11 bits per heavy atom. The van der Waals surface area contributed by atoms with Crippen molar-refractivity contribution in [1.82, 2.24) is 0 Å². The maximum atomic E-state index is 12.1. The number of benzene rings is 2. The van der Waals surface area contributed by atoms with E-state index in [1.165, 1.54) is 24.3 Å². The highest BCUT2D eigenvalue weighted by Crippen LogP contribution is 2.21. The van der Waals surface area contributed by atoms with Crippen molar-refractivity contribution in [3.8, 4) is 5.75 Å². The quantitative estimate of drug-likeness (QED) is 0.851. The summed E-state index contributed by atoms with van der Waals surface area (Å²) in [6.07, 6.45) is 1.95. The standard InChI is InChI=1S/C13H13NO3S2/c1-18-12-7-5-10(6-8-12)14-19(16,17)13-4-2-3-11(15)9-13/h2-9,14-15H,1H3. The number of anilines is 1. The predicted molar refractivity (Wildman–Crippen MR) is 77.1 cm³/mol. The van der Waals surface area contributed by atoms with Gasteiger partial charge in [-0.25, -0.2) is 8.42 Å². The summed E-state index contributed by atoms with van der Waals surface area (Å²) < 4.78 is 26.6. The molecule has 4 nitrogen and oxygen atoms in total.